The van der Waals surface area contributed by atoms with Gasteiger partial charge in [0.15, 0.2) is 0 Å². The fraction of sp³-hybridized carbons (Fsp3) is 0.619. The number of amides is 2. The molecule has 1 heterocycles. The van der Waals surface area contributed by atoms with Crippen molar-refractivity contribution < 1.29 is 18.7 Å². The van der Waals surface area contributed by atoms with Crippen LogP contribution in [-0.2, 0) is 20.9 Å². The van der Waals surface area contributed by atoms with Crippen molar-refractivity contribution in [3.8, 4) is 0 Å². The van der Waals surface area contributed by atoms with Crippen LogP contribution < -0.4 is 5.32 Å². The van der Waals surface area contributed by atoms with Gasteiger partial charge in [0.05, 0.1) is 6.04 Å². The monoisotopic (exact) mass is 391 g/mol. The minimum atomic E-state index is -0.278. The van der Waals surface area contributed by atoms with Gasteiger partial charge in [-0.25, -0.2) is 4.39 Å². The van der Waals surface area contributed by atoms with Crippen molar-refractivity contribution in [3.05, 3.63) is 35.6 Å². The highest BCUT2D eigenvalue weighted by Gasteiger charge is 2.37. The van der Waals surface area contributed by atoms with Crippen molar-refractivity contribution >= 4 is 11.8 Å². The maximum atomic E-state index is 13.1. The lowest BCUT2D eigenvalue weighted by molar-refractivity contribution is -0.138. The van der Waals surface area contributed by atoms with Gasteiger partial charge in [-0.3, -0.25) is 14.5 Å². The summed E-state index contributed by atoms with van der Waals surface area (Å²) in [5.74, 6) is 0.113. The molecule has 1 unspecified atom stereocenters. The third-order valence-corrected chi connectivity index (χ3v) is 5.82. The second-order valence-corrected chi connectivity index (χ2v) is 7.68. The zero-order valence-electron chi connectivity index (χ0n) is 16.5. The first-order valence-corrected chi connectivity index (χ1v) is 10.1. The number of piperazine rings is 1. The van der Waals surface area contributed by atoms with E-state index in [1.54, 1.807) is 12.1 Å². The third-order valence-electron chi connectivity index (χ3n) is 5.82. The van der Waals surface area contributed by atoms with Crippen LogP contribution in [0.5, 0.6) is 0 Å². The van der Waals surface area contributed by atoms with Gasteiger partial charge in [-0.2, -0.15) is 0 Å². The van der Waals surface area contributed by atoms with E-state index in [4.69, 9.17) is 4.74 Å². The summed E-state index contributed by atoms with van der Waals surface area (Å²) in [5, 5.41) is 3.04. The van der Waals surface area contributed by atoms with Gasteiger partial charge < -0.3 is 15.0 Å². The minimum absolute atomic E-state index is 0.000303. The summed E-state index contributed by atoms with van der Waals surface area (Å²) in [6, 6.07) is 6.04. The third kappa shape index (κ3) is 5.29. The highest BCUT2D eigenvalue weighted by atomic mass is 19.1. The summed E-state index contributed by atoms with van der Waals surface area (Å²) < 4.78 is 18.0. The Hall–Kier alpha value is -1.99. The second-order valence-electron chi connectivity index (χ2n) is 7.68. The molecule has 0 bridgehead atoms. The van der Waals surface area contributed by atoms with E-state index in [2.05, 4.69) is 10.2 Å². The lowest BCUT2D eigenvalue weighted by Gasteiger charge is -2.40. The van der Waals surface area contributed by atoms with Gasteiger partial charge in [0, 0.05) is 39.8 Å². The van der Waals surface area contributed by atoms with Gasteiger partial charge in [-0.05, 0) is 36.5 Å². The largest absolute Gasteiger partial charge is 0.375 e. The van der Waals surface area contributed by atoms with Crippen LogP contribution in [0.15, 0.2) is 24.3 Å². The normalized spacial score (nSPS) is 19.6. The molecule has 1 N–H and O–H groups in total. The molecule has 1 atom stereocenters. The van der Waals surface area contributed by atoms with Crippen LogP contribution >= 0.6 is 0 Å². The highest BCUT2D eigenvalue weighted by molar-refractivity contribution is 5.82. The van der Waals surface area contributed by atoms with Crippen LogP contribution in [0, 0.1) is 11.7 Å². The molecule has 7 heteroatoms. The number of nitrogens with zero attached hydrogens (tertiary/aromatic N) is 2. The number of hydrogen-bond donors (Lipinski definition) is 1. The fourth-order valence-electron chi connectivity index (χ4n) is 4.31. The Morgan fingerprint density at radius 1 is 1.14 bits per heavy atom. The SMILES string of the molecule is COCC(=O)N1CCN(C(C(=O)NCc2ccc(F)cc2)C2CCCC2)CC1. The number of nitrogens with one attached hydrogen (secondary N) is 1. The van der Waals surface area contributed by atoms with Gasteiger partial charge in [0.25, 0.3) is 0 Å². The van der Waals surface area contributed by atoms with E-state index in [0.29, 0.717) is 38.6 Å². The van der Waals surface area contributed by atoms with E-state index < -0.39 is 0 Å². The number of rotatable bonds is 7. The molecule has 1 aromatic carbocycles. The summed E-state index contributed by atoms with van der Waals surface area (Å²) in [7, 11) is 1.52. The first-order valence-electron chi connectivity index (χ1n) is 10.1. The van der Waals surface area contributed by atoms with Gasteiger partial charge in [-0.1, -0.05) is 25.0 Å². The molecular formula is C21H30FN3O3. The summed E-state index contributed by atoms with van der Waals surface area (Å²) in [6.45, 7) is 3.13. The number of ether oxygens (including phenoxy) is 1. The molecule has 28 heavy (non-hydrogen) atoms. The summed E-state index contributed by atoms with van der Waals surface area (Å²) in [4.78, 5) is 29.1. The predicted molar refractivity (Wildman–Crippen MR) is 104 cm³/mol. The maximum absolute atomic E-state index is 13.1. The number of carbonyl (C=O) groups is 2. The Morgan fingerprint density at radius 2 is 1.79 bits per heavy atom. The van der Waals surface area contributed by atoms with E-state index in [9.17, 15) is 14.0 Å². The van der Waals surface area contributed by atoms with Crippen LogP contribution in [0.4, 0.5) is 4.39 Å². The molecule has 0 radical (unpaired) electrons. The van der Waals surface area contributed by atoms with Crippen LogP contribution in [0.25, 0.3) is 0 Å². The van der Waals surface area contributed by atoms with Crippen molar-refractivity contribution in [2.75, 3.05) is 39.9 Å². The minimum Gasteiger partial charge on any atom is -0.375 e. The first-order chi connectivity index (χ1) is 13.6. The summed E-state index contributed by atoms with van der Waals surface area (Å²) in [5.41, 5.74) is 0.884. The lowest BCUT2D eigenvalue weighted by Crippen LogP contribution is -2.58. The summed E-state index contributed by atoms with van der Waals surface area (Å²) >= 11 is 0. The highest BCUT2D eigenvalue weighted by Crippen LogP contribution is 2.31. The molecule has 1 saturated heterocycles. The molecule has 2 fully saturated rings. The molecule has 3 rings (SSSR count). The van der Waals surface area contributed by atoms with Crippen molar-refractivity contribution in [3.63, 3.8) is 0 Å². The van der Waals surface area contributed by atoms with Gasteiger partial charge in [0.1, 0.15) is 12.4 Å². The van der Waals surface area contributed by atoms with Gasteiger partial charge in [0.2, 0.25) is 11.8 Å². The quantitative estimate of drug-likeness (QED) is 0.770. The van der Waals surface area contributed by atoms with E-state index in [0.717, 1.165) is 18.4 Å². The van der Waals surface area contributed by atoms with Crippen molar-refractivity contribution in [2.24, 2.45) is 5.92 Å². The standard InChI is InChI=1S/C21H30FN3O3/c1-28-15-19(26)24-10-12-25(13-11-24)20(17-4-2-3-5-17)21(27)23-14-16-6-8-18(22)9-7-16/h6-9,17,20H,2-5,10-15H2,1H3,(H,23,27). The molecule has 1 aliphatic carbocycles. The van der Waals surface area contributed by atoms with Crippen LogP contribution in [0.1, 0.15) is 31.2 Å². The molecule has 2 amide bonds. The number of benzene rings is 1. The molecule has 1 aliphatic heterocycles. The molecular weight excluding hydrogens is 361 g/mol. The Balaban J connectivity index is 1.60. The maximum Gasteiger partial charge on any atom is 0.248 e. The molecule has 154 valence electrons. The zero-order chi connectivity index (χ0) is 19.9. The molecule has 0 spiro atoms. The van der Waals surface area contributed by atoms with E-state index >= 15 is 0 Å². The summed E-state index contributed by atoms with van der Waals surface area (Å²) in [6.07, 6.45) is 4.46. The molecule has 2 aliphatic rings. The molecule has 1 saturated carbocycles. The Kier molecular flexibility index (Phi) is 7.39. The van der Waals surface area contributed by atoms with E-state index in [1.807, 2.05) is 4.90 Å². The molecule has 0 aromatic heterocycles. The van der Waals surface area contributed by atoms with Gasteiger partial charge in [-0.15, -0.1) is 0 Å². The Labute approximate surface area is 166 Å². The fourth-order valence-corrected chi connectivity index (χ4v) is 4.31. The average molecular weight is 391 g/mol. The number of halogens is 1. The topological polar surface area (TPSA) is 61.9 Å². The predicted octanol–water partition coefficient (Wildman–Crippen LogP) is 1.79. The van der Waals surface area contributed by atoms with Crippen LogP contribution in [0.2, 0.25) is 0 Å². The number of carbonyl (C=O) groups excluding carboxylic acids is 2. The van der Waals surface area contributed by atoms with E-state index in [1.165, 1.54) is 32.1 Å². The first kappa shape index (κ1) is 20.7. The Bertz CT molecular complexity index is 653. The average Bonchev–Trinajstić information content (AvgIpc) is 3.23. The number of hydrogen-bond acceptors (Lipinski definition) is 4. The van der Waals surface area contributed by atoms with E-state index in [-0.39, 0.29) is 30.3 Å². The Morgan fingerprint density at radius 3 is 2.39 bits per heavy atom. The number of methoxy groups -OCH3 is 1. The van der Waals surface area contributed by atoms with Crippen molar-refractivity contribution in [2.45, 2.75) is 38.3 Å². The zero-order valence-corrected chi connectivity index (χ0v) is 16.5. The van der Waals surface area contributed by atoms with Crippen LogP contribution in [0.3, 0.4) is 0 Å². The van der Waals surface area contributed by atoms with Crippen LogP contribution in [-0.4, -0.2) is 67.6 Å². The van der Waals surface area contributed by atoms with Crippen molar-refractivity contribution in [1.29, 1.82) is 0 Å². The second kappa shape index (κ2) is 9.98. The van der Waals surface area contributed by atoms with Gasteiger partial charge >= 0.3 is 0 Å². The lowest BCUT2D eigenvalue weighted by atomic mass is 9.95. The molecule has 1 aromatic rings. The smallest absolute Gasteiger partial charge is 0.248 e. The van der Waals surface area contributed by atoms with Crippen molar-refractivity contribution in [1.82, 2.24) is 15.1 Å². The molecule has 6 nitrogen and oxygen atoms in total.